The molecule has 0 radical (unpaired) electrons. The van der Waals surface area contributed by atoms with Gasteiger partial charge >= 0.3 is 0 Å². The molecule has 5 aliphatic heterocycles. The molecule has 5 heterocycles. The number of carbonyl (C=O) groups is 2. The molecule has 0 bridgehead atoms. The second kappa shape index (κ2) is 24.0. The van der Waals surface area contributed by atoms with E-state index in [1.54, 1.807) is 0 Å². The molecule has 29 heteroatoms. The summed E-state index contributed by atoms with van der Waals surface area (Å²) >= 11 is 0. The Labute approximate surface area is 369 Å². The van der Waals surface area contributed by atoms with E-state index in [1.807, 2.05) is 0 Å². The molecule has 378 valence electrons. The number of carbonyl (C=O) groups excluding carboxylic acids is 2. The fourth-order valence-electron chi connectivity index (χ4n) is 7.96. The van der Waals surface area contributed by atoms with Gasteiger partial charge in [0, 0.05) is 6.92 Å². The van der Waals surface area contributed by atoms with Crippen molar-refractivity contribution in [1.29, 1.82) is 0 Å². The minimum Gasteiger partial charge on any atom is -0.394 e. The topological polar surface area (TPSA) is 454 Å². The summed E-state index contributed by atoms with van der Waals surface area (Å²) in [4.78, 5) is 23.6. The van der Waals surface area contributed by atoms with Gasteiger partial charge in [-0.05, 0) is 6.92 Å². The fourth-order valence-corrected chi connectivity index (χ4v) is 7.96. The molecule has 29 nitrogen and oxygen atoms in total. The second-order valence-corrected chi connectivity index (χ2v) is 16.1. The Morgan fingerprint density at radius 3 is 1.46 bits per heavy atom. The third kappa shape index (κ3) is 12.0. The summed E-state index contributed by atoms with van der Waals surface area (Å²) in [6, 6.07) is -2.67. The van der Waals surface area contributed by atoms with Gasteiger partial charge in [-0.1, -0.05) is 0 Å². The van der Waals surface area contributed by atoms with Gasteiger partial charge < -0.3 is 135 Å². The van der Waals surface area contributed by atoms with Gasteiger partial charge in [-0.15, -0.1) is 0 Å². The van der Waals surface area contributed by atoms with Gasteiger partial charge in [0.25, 0.3) is 0 Å². The lowest BCUT2D eigenvalue weighted by Crippen LogP contribution is -2.71. The zero-order chi connectivity index (χ0) is 48.0. The van der Waals surface area contributed by atoms with Crippen LogP contribution >= 0.6 is 0 Å². The van der Waals surface area contributed by atoms with Crippen LogP contribution in [-0.4, -0.2) is 288 Å². The summed E-state index contributed by atoms with van der Waals surface area (Å²) in [5, 5.41) is 163. The lowest BCUT2D eigenvalue weighted by molar-refractivity contribution is -0.391. The first-order chi connectivity index (χ1) is 30.8. The Bertz CT molecular complexity index is 1470. The number of nitrogens with one attached hydrogen (secondary N) is 2. The monoisotopic (exact) mass is 954 g/mol. The number of hydrogen-bond donors (Lipinski definition) is 17. The van der Waals surface area contributed by atoms with Gasteiger partial charge in [-0.25, -0.2) is 0 Å². The molecule has 5 aliphatic rings. The van der Waals surface area contributed by atoms with Crippen molar-refractivity contribution in [2.75, 3.05) is 39.6 Å². The smallest absolute Gasteiger partial charge is 0.217 e. The fraction of sp³-hybridized carbons (Fsp3) is 0.944. The summed E-state index contributed by atoms with van der Waals surface area (Å²) in [6.07, 6.45) is -43.2. The van der Waals surface area contributed by atoms with E-state index in [2.05, 4.69) is 10.6 Å². The summed E-state index contributed by atoms with van der Waals surface area (Å²) < 4.78 is 57.6. The van der Waals surface area contributed by atoms with Crippen LogP contribution in [0.2, 0.25) is 0 Å². The average molecular weight is 955 g/mol. The van der Waals surface area contributed by atoms with Crippen LogP contribution in [0.4, 0.5) is 0 Å². The van der Waals surface area contributed by atoms with Gasteiger partial charge in [0.2, 0.25) is 12.3 Å². The molecule has 0 saturated carbocycles. The Kier molecular flexibility index (Phi) is 19.9. The number of aliphatic hydroxyl groups excluding tert-OH is 15. The molecule has 65 heavy (non-hydrogen) atoms. The molecule has 2 amide bonds. The van der Waals surface area contributed by atoms with Crippen molar-refractivity contribution in [3.8, 4) is 0 Å². The zero-order valence-electron chi connectivity index (χ0n) is 34.9. The molecule has 0 aromatic rings. The lowest BCUT2D eigenvalue weighted by atomic mass is 9.93. The lowest BCUT2D eigenvalue weighted by Gasteiger charge is -2.51. The van der Waals surface area contributed by atoms with Crippen LogP contribution in [0.5, 0.6) is 0 Å². The largest absolute Gasteiger partial charge is 0.394 e. The number of aliphatic hydroxyl groups is 15. The van der Waals surface area contributed by atoms with Crippen LogP contribution in [0, 0.1) is 0 Å². The Morgan fingerprint density at radius 2 is 0.938 bits per heavy atom. The molecular weight excluding hydrogens is 892 g/mol. The van der Waals surface area contributed by atoms with E-state index in [1.165, 1.54) is 6.92 Å². The van der Waals surface area contributed by atoms with Crippen molar-refractivity contribution in [1.82, 2.24) is 10.6 Å². The van der Waals surface area contributed by atoms with Crippen molar-refractivity contribution < 1.29 is 134 Å². The first-order valence-corrected chi connectivity index (χ1v) is 20.7. The van der Waals surface area contributed by atoms with Gasteiger partial charge in [-0.3, -0.25) is 9.59 Å². The van der Waals surface area contributed by atoms with Crippen LogP contribution in [0.15, 0.2) is 0 Å². The Balaban J connectivity index is 1.40. The quantitative estimate of drug-likeness (QED) is 0.0535. The first-order valence-electron chi connectivity index (χ1n) is 20.7. The molecule has 0 spiro atoms. The molecule has 5 rings (SSSR count). The van der Waals surface area contributed by atoms with E-state index in [0.717, 1.165) is 6.92 Å². The molecule has 0 aromatic heterocycles. The average Bonchev–Trinajstić information content (AvgIpc) is 3.29. The second-order valence-electron chi connectivity index (χ2n) is 16.1. The van der Waals surface area contributed by atoms with E-state index in [9.17, 15) is 86.2 Å². The highest BCUT2D eigenvalue weighted by molar-refractivity contribution is 5.73. The molecule has 5 saturated heterocycles. The van der Waals surface area contributed by atoms with E-state index in [-0.39, 0.29) is 0 Å². The van der Waals surface area contributed by atoms with Crippen LogP contribution in [0.25, 0.3) is 0 Å². The van der Waals surface area contributed by atoms with Gasteiger partial charge in [0.1, 0.15) is 116 Å². The van der Waals surface area contributed by atoms with Crippen LogP contribution in [-0.2, 0) is 57.0 Å². The molecule has 0 aromatic carbocycles. The van der Waals surface area contributed by atoms with Crippen molar-refractivity contribution >= 4 is 12.3 Å². The van der Waals surface area contributed by atoms with Gasteiger partial charge in [-0.2, -0.15) is 0 Å². The van der Waals surface area contributed by atoms with Crippen molar-refractivity contribution in [3.63, 3.8) is 0 Å². The highest BCUT2D eigenvalue weighted by Crippen LogP contribution is 2.37. The first kappa shape index (κ1) is 53.9. The third-order valence-electron chi connectivity index (χ3n) is 11.6. The maximum Gasteiger partial charge on any atom is 0.217 e. The summed E-state index contributed by atoms with van der Waals surface area (Å²) in [5.41, 5.74) is 0. The van der Waals surface area contributed by atoms with Crippen LogP contribution < -0.4 is 10.6 Å². The normalized spacial score (nSPS) is 47.7. The standard InChI is InChI=1S/C36H62N2O27/c1-10-18(46)20(48)24(52)34(57-10)64-30-16(7-43)59-32(17(38-11(2)45)31(30)65-35-25(53)21(49)19(47)13(4-40)58-35)62-28-15(6-42)61-36(27(55)23(28)51)63-29-14(5-41)60-33(26(54)22(29)50)56-8-12(3-39)37-9-44/h9-10,12-36,39-43,46-55H,3-8H2,1-2H3,(H,37,44)(H,38,45)/t10-,12+,13+,14+,15+,16+,17+,18+,19-,20+,21-,22+,23+,24-,25+,26+,27+,28-,29+,30-,31+,32-,33+,34-,35-,36-/m0/s1. The molecule has 0 unspecified atom stereocenters. The van der Waals surface area contributed by atoms with Gasteiger partial charge in [0.15, 0.2) is 31.5 Å². The van der Waals surface area contributed by atoms with E-state index < -0.39 is 205 Å². The van der Waals surface area contributed by atoms with Crippen molar-refractivity contribution in [3.05, 3.63) is 0 Å². The minimum atomic E-state index is -2.15. The van der Waals surface area contributed by atoms with E-state index in [0.29, 0.717) is 6.41 Å². The van der Waals surface area contributed by atoms with E-state index >= 15 is 0 Å². The number of rotatable bonds is 19. The summed E-state index contributed by atoms with van der Waals surface area (Å²) in [7, 11) is 0. The number of ether oxygens (including phenoxy) is 10. The van der Waals surface area contributed by atoms with Crippen molar-refractivity contribution in [2.24, 2.45) is 0 Å². The molecule has 5 fully saturated rings. The predicted octanol–water partition coefficient (Wildman–Crippen LogP) is -11.6. The van der Waals surface area contributed by atoms with Crippen molar-refractivity contribution in [2.45, 2.75) is 173 Å². The number of amides is 2. The molecule has 26 atom stereocenters. The number of hydrogen-bond acceptors (Lipinski definition) is 27. The van der Waals surface area contributed by atoms with Gasteiger partial charge in [0.05, 0.1) is 51.8 Å². The highest BCUT2D eigenvalue weighted by atomic mass is 16.8. The molecular formula is C36H62N2O27. The highest BCUT2D eigenvalue weighted by Gasteiger charge is 2.57. The molecule has 0 aliphatic carbocycles. The maximum atomic E-state index is 12.8. The minimum absolute atomic E-state index is 0.290. The van der Waals surface area contributed by atoms with E-state index in [4.69, 9.17) is 47.4 Å². The molecule has 17 N–H and O–H groups in total. The van der Waals surface area contributed by atoms with Crippen LogP contribution in [0.1, 0.15) is 13.8 Å². The Hall–Kier alpha value is -2.06. The Morgan fingerprint density at radius 1 is 0.523 bits per heavy atom. The maximum absolute atomic E-state index is 12.8. The summed E-state index contributed by atoms with van der Waals surface area (Å²) in [5.74, 6) is -0.836. The third-order valence-corrected chi connectivity index (χ3v) is 11.6. The zero-order valence-corrected chi connectivity index (χ0v) is 34.9. The van der Waals surface area contributed by atoms with Crippen LogP contribution in [0.3, 0.4) is 0 Å². The SMILES string of the molecule is CC(=O)N[C@H]1[C@H](O[C@@H]2[C@H](O)[C@@H](O)[C@H](O[C@H]3[C@H](O)[C@@H](O)[C@H](OC[C@@H](CO)NC=O)O[C@@H]3CO)O[C@@H]2CO)O[C@H](CO)[C@H](O[C@@H]2O[C@@H](C)[C@@H](O)[C@@H](O)[C@@H]2O)[C@@H]1O[C@@H]1O[C@H](CO)[C@H](O)[C@H](O)[C@H]1O. The predicted molar refractivity (Wildman–Crippen MR) is 201 cm³/mol. The summed E-state index contributed by atoms with van der Waals surface area (Å²) in [6.45, 7) is -2.42.